The second-order valence-corrected chi connectivity index (χ2v) is 14.3. The fraction of sp³-hybridized carbons (Fsp3) is 0.405. The van der Waals surface area contributed by atoms with Crippen LogP contribution in [0, 0.1) is 28.6 Å². The lowest BCUT2D eigenvalue weighted by atomic mass is 9.46. The van der Waals surface area contributed by atoms with Crippen LogP contribution >= 0.6 is 11.8 Å². The van der Waals surface area contributed by atoms with Crippen LogP contribution in [0.1, 0.15) is 57.3 Å². The van der Waals surface area contributed by atoms with E-state index in [1.165, 1.54) is 17.1 Å². The molecule has 5 nitrogen and oxygen atoms in total. The lowest BCUT2D eigenvalue weighted by molar-refractivity contribution is -0.169. The van der Waals surface area contributed by atoms with Crippen molar-refractivity contribution in [1.82, 2.24) is 0 Å². The first kappa shape index (κ1) is 28.4. The van der Waals surface area contributed by atoms with Crippen molar-refractivity contribution >= 4 is 39.2 Å². The van der Waals surface area contributed by atoms with Crippen molar-refractivity contribution in [2.45, 2.75) is 63.4 Å². The van der Waals surface area contributed by atoms with E-state index in [2.05, 4.69) is 50.8 Å². The van der Waals surface area contributed by atoms with Crippen LogP contribution in [0.15, 0.2) is 95.7 Å². The quantitative estimate of drug-likeness (QED) is 0.293. The maximum Gasteiger partial charge on any atom is 0.233 e. The van der Waals surface area contributed by atoms with Crippen LogP contribution in [-0.2, 0) is 20.1 Å². The van der Waals surface area contributed by atoms with Gasteiger partial charge in [0.05, 0.1) is 12.4 Å². The van der Waals surface area contributed by atoms with Crippen LogP contribution in [0.25, 0.3) is 16.5 Å². The van der Waals surface area contributed by atoms with Gasteiger partial charge in [0, 0.05) is 22.5 Å². The van der Waals surface area contributed by atoms with Gasteiger partial charge in [-0.3, -0.25) is 9.59 Å². The van der Waals surface area contributed by atoms with E-state index < -0.39 is 17.1 Å². The second kappa shape index (κ2) is 10.4. The minimum Gasteiger partial charge on any atom is -0.475 e. The zero-order valence-electron chi connectivity index (χ0n) is 24.8. The van der Waals surface area contributed by atoms with Crippen LogP contribution < -0.4 is 0 Å². The van der Waals surface area contributed by atoms with Crippen molar-refractivity contribution in [2.24, 2.45) is 28.6 Å². The average molecular weight is 595 g/mol. The van der Waals surface area contributed by atoms with Gasteiger partial charge in [0.25, 0.3) is 0 Å². The summed E-state index contributed by atoms with van der Waals surface area (Å²) in [5.41, 5.74) is 0.0690. The molecule has 1 N–H and O–H groups in total. The van der Waals surface area contributed by atoms with E-state index >= 15 is 0 Å². The highest BCUT2D eigenvalue weighted by atomic mass is 32.2. The topological polar surface area (TPSA) is 76.7 Å². The minimum atomic E-state index is -1.16. The maximum atomic E-state index is 14.6. The molecular weight excluding hydrogens is 556 g/mol. The summed E-state index contributed by atoms with van der Waals surface area (Å²) in [6.07, 6.45) is 9.94. The molecule has 3 saturated carbocycles. The highest BCUT2D eigenvalue weighted by Gasteiger charge is 2.70. The third-order valence-electron chi connectivity index (χ3n) is 11.2. The van der Waals surface area contributed by atoms with E-state index in [4.69, 9.17) is 9.15 Å². The smallest absolute Gasteiger partial charge is 0.233 e. The molecule has 6 heteroatoms. The number of rotatable bonds is 6. The molecule has 222 valence electrons. The van der Waals surface area contributed by atoms with Gasteiger partial charge in [-0.2, -0.15) is 0 Å². The van der Waals surface area contributed by atoms with Crippen LogP contribution in [-0.4, -0.2) is 27.7 Å². The minimum absolute atomic E-state index is 0.0145. The first-order chi connectivity index (χ1) is 20.6. The molecule has 43 heavy (non-hydrogen) atoms. The van der Waals surface area contributed by atoms with Crippen molar-refractivity contribution < 1.29 is 23.8 Å². The standard InChI is InChI=1S/C37H38O5S/c1-23(32-9-6-18-41-32)42-37(34(40)43-22-24-10-11-25-7-4-5-8-26(25)19-24)17-15-30-29-13-12-27-20-28(38)14-16-35(27,2)33(29)31(39)21-36(30,37)3/h4-11,14,16,18-20,29-31,33,39H,1,12-13,15,17,21-22H2,2-3H3/t29?,30?,31-,33?,35?,36?,37-/m0/s1. The molecule has 0 spiro atoms. The first-order valence-electron chi connectivity index (χ1n) is 15.3. The summed E-state index contributed by atoms with van der Waals surface area (Å²) in [6.45, 7) is 8.52. The highest BCUT2D eigenvalue weighted by Crippen LogP contribution is 2.68. The van der Waals surface area contributed by atoms with E-state index in [-0.39, 0.29) is 34.1 Å². The number of carbonyl (C=O) groups excluding carboxylic acids is 2. The summed E-state index contributed by atoms with van der Waals surface area (Å²) in [5.74, 6) is 1.78. The Kier molecular flexibility index (Phi) is 6.86. The van der Waals surface area contributed by atoms with Crippen LogP contribution in [0.5, 0.6) is 0 Å². The van der Waals surface area contributed by atoms with Gasteiger partial charge in [0.2, 0.25) is 5.12 Å². The predicted octanol–water partition coefficient (Wildman–Crippen LogP) is 7.90. The first-order valence-corrected chi connectivity index (χ1v) is 16.3. The molecule has 7 atom stereocenters. The van der Waals surface area contributed by atoms with Gasteiger partial charge < -0.3 is 14.3 Å². The monoisotopic (exact) mass is 594 g/mol. The molecule has 3 fully saturated rings. The van der Waals surface area contributed by atoms with Crippen molar-refractivity contribution in [3.8, 4) is 0 Å². The van der Waals surface area contributed by atoms with Crippen molar-refractivity contribution in [3.05, 3.63) is 103 Å². The van der Waals surface area contributed by atoms with E-state index in [0.29, 0.717) is 30.1 Å². The van der Waals surface area contributed by atoms with Crippen molar-refractivity contribution in [2.75, 3.05) is 0 Å². The molecule has 1 heterocycles. The molecule has 0 bridgehead atoms. The Morgan fingerprint density at radius 1 is 1.12 bits per heavy atom. The second-order valence-electron chi connectivity index (χ2n) is 13.3. The van der Waals surface area contributed by atoms with E-state index in [0.717, 1.165) is 35.8 Å². The van der Waals surface area contributed by atoms with Crippen molar-refractivity contribution in [3.63, 3.8) is 0 Å². The third-order valence-corrected chi connectivity index (χ3v) is 12.3. The number of furan rings is 1. The Hall–Kier alpha value is -3.35. The number of hydrogen-bond acceptors (Lipinski definition) is 6. The van der Waals surface area contributed by atoms with Gasteiger partial charge in [0.15, 0.2) is 22.9 Å². The molecule has 5 unspecified atom stereocenters. The van der Waals surface area contributed by atoms with E-state index in [1.54, 1.807) is 30.5 Å². The Morgan fingerprint density at radius 2 is 1.93 bits per heavy atom. The number of allylic oxidation sites excluding steroid dienone is 4. The largest absolute Gasteiger partial charge is 0.475 e. The summed E-state index contributed by atoms with van der Waals surface area (Å²) in [4.78, 5) is 26.8. The lowest BCUT2D eigenvalue weighted by Gasteiger charge is -2.60. The number of ketones is 1. The zero-order valence-corrected chi connectivity index (χ0v) is 25.6. The Morgan fingerprint density at radius 3 is 2.72 bits per heavy atom. The number of carbonyl (C=O) groups is 2. The van der Waals surface area contributed by atoms with Gasteiger partial charge in [-0.25, -0.2) is 0 Å². The summed E-state index contributed by atoms with van der Waals surface area (Å²) < 4.78 is 12.4. The number of aliphatic hydroxyl groups excluding tert-OH is 1. The molecule has 1 aromatic heterocycles. The number of hydrogen-bond donors (Lipinski definition) is 1. The number of ether oxygens (including phenoxy) is 1. The molecule has 0 saturated heterocycles. The summed E-state index contributed by atoms with van der Waals surface area (Å²) in [5, 5.41) is 14.3. The highest BCUT2D eigenvalue weighted by molar-refractivity contribution is 8.13. The molecule has 0 amide bonds. The molecule has 4 aliphatic carbocycles. The van der Waals surface area contributed by atoms with Gasteiger partial charge in [-0.1, -0.05) is 86.3 Å². The van der Waals surface area contributed by atoms with Gasteiger partial charge in [0.1, 0.15) is 0 Å². The summed E-state index contributed by atoms with van der Waals surface area (Å²) >= 11 is 1.30. The number of thioether (sulfide) groups is 1. The third kappa shape index (κ3) is 4.40. The van der Waals surface area contributed by atoms with Gasteiger partial charge in [-0.15, -0.1) is 0 Å². The normalized spacial score (nSPS) is 34.7. The number of benzene rings is 2. The Labute approximate surface area is 257 Å². The number of aliphatic hydroxyl groups is 1. The average Bonchev–Trinajstić information content (AvgIpc) is 3.63. The molecule has 7 rings (SSSR count). The van der Waals surface area contributed by atoms with Gasteiger partial charge in [-0.05, 0) is 84.6 Å². The van der Waals surface area contributed by atoms with Crippen LogP contribution in [0.3, 0.4) is 0 Å². The van der Waals surface area contributed by atoms with Crippen LogP contribution in [0.4, 0.5) is 0 Å². The summed E-state index contributed by atoms with van der Waals surface area (Å²) in [6, 6.07) is 18.2. The van der Waals surface area contributed by atoms with Crippen molar-refractivity contribution in [1.29, 1.82) is 0 Å². The molecule has 2 aromatic carbocycles. The lowest BCUT2D eigenvalue weighted by Crippen LogP contribution is -2.61. The zero-order chi connectivity index (χ0) is 30.0. The van der Waals surface area contributed by atoms with E-state index in [1.807, 2.05) is 18.2 Å². The SMILES string of the molecule is C=C(O[C@]1(C(=O)SCc2ccc3ccccc3c2)CCC2C3CCC4=CC(=O)C=CC4(C)C3[C@@H](O)CC21C)c1ccco1. The Balaban J connectivity index is 1.22. The molecule has 0 aliphatic heterocycles. The van der Waals surface area contributed by atoms with Crippen LogP contribution in [0.2, 0.25) is 0 Å². The predicted molar refractivity (Wildman–Crippen MR) is 170 cm³/mol. The Bertz CT molecular complexity index is 1670. The fourth-order valence-corrected chi connectivity index (χ4v) is 10.2. The molecule has 4 aliphatic rings. The van der Waals surface area contributed by atoms with E-state index in [9.17, 15) is 14.7 Å². The fourth-order valence-electron chi connectivity index (χ4n) is 9.15. The summed E-state index contributed by atoms with van der Waals surface area (Å²) in [7, 11) is 0. The molecule has 3 aromatic rings. The number of fused-ring (bicyclic) bond motifs is 6. The van der Waals surface area contributed by atoms with Gasteiger partial charge >= 0.3 is 0 Å². The molecule has 0 radical (unpaired) electrons. The maximum absolute atomic E-state index is 14.6. The molecular formula is C37H38O5S.